The van der Waals surface area contributed by atoms with Crippen LogP contribution in [0.1, 0.15) is 99.8 Å². The molecule has 2 atom stereocenters. The van der Waals surface area contributed by atoms with Gasteiger partial charge in [0, 0.05) is 0 Å². The largest absolute Gasteiger partial charge is 0.508 e. The van der Waals surface area contributed by atoms with Crippen LogP contribution in [0.4, 0.5) is 0 Å². The van der Waals surface area contributed by atoms with Crippen LogP contribution in [-0.2, 0) is 9.47 Å². The molecule has 164 valence electrons. The number of esters is 2. The van der Waals surface area contributed by atoms with Crippen molar-refractivity contribution in [2.75, 3.05) is 13.2 Å². The van der Waals surface area contributed by atoms with Crippen molar-refractivity contribution in [3.8, 4) is 5.75 Å². The monoisotopic (exact) mass is 406 g/mol. The normalized spacial score (nSPS) is 13.0. The van der Waals surface area contributed by atoms with Crippen LogP contribution < -0.4 is 0 Å². The fourth-order valence-corrected chi connectivity index (χ4v) is 3.20. The van der Waals surface area contributed by atoms with Gasteiger partial charge in [-0.05, 0) is 42.9 Å². The molecule has 0 bridgehead atoms. The van der Waals surface area contributed by atoms with Crippen LogP contribution >= 0.6 is 0 Å². The van der Waals surface area contributed by atoms with E-state index in [0.717, 1.165) is 51.4 Å². The van der Waals surface area contributed by atoms with Crippen LogP contribution in [-0.4, -0.2) is 30.3 Å². The number of ether oxygens (including phenoxy) is 2. The maximum Gasteiger partial charge on any atom is 0.338 e. The van der Waals surface area contributed by atoms with Crippen LogP contribution in [0.2, 0.25) is 0 Å². The maximum atomic E-state index is 12.4. The number of unbranched alkanes of at least 4 members (excludes halogenated alkanes) is 2. The number of benzene rings is 1. The van der Waals surface area contributed by atoms with E-state index in [1.807, 2.05) is 0 Å². The highest BCUT2D eigenvalue weighted by Crippen LogP contribution is 2.20. The van der Waals surface area contributed by atoms with Gasteiger partial charge in [-0.15, -0.1) is 0 Å². The molecule has 0 fully saturated rings. The number of phenols is 1. The van der Waals surface area contributed by atoms with Crippen molar-refractivity contribution in [2.45, 2.75) is 79.1 Å². The van der Waals surface area contributed by atoms with Gasteiger partial charge in [-0.25, -0.2) is 9.59 Å². The molecule has 0 amide bonds. The smallest absolute Gasteiger partial charge is 0.338 e. The fourth-order valence-electron chi connectivity index (χ4n) is 3.20. The minimum absolute atomic E-state index is 0.151. The lowest BCUT2D eigenvalue weighted by Crippen LogP contribution is -2.16. The van der Waals surface area contributed by atoms with Gasteiger partial charge in [-0.2, -0.15) is 0 Å². The van der Waals surface area contributed by atoms with Crippen molar-refractivity contribution >= 4 is 11.9 Å². The molecule has 0 aliphatic rings. The lowest BCUT2D eigenvalue weighted by Gasteiger charge is -2.16. The van der Waals surface area contributed by atoms with Crippen LogP contribution in [0.5, 0.6) is 5.75 Å². The third-order valence-electron chi connectivity index (χ3n) is 5.38. The van der Waals surface area contributed by atoms with Crippen LogP contribution in [0.3, 0.4) is 0 Å². The van der Waals surface area contributed by atoms with E-state index in [1.165, 1.54) is 18.2 Å². The Hall–Kier alpha value is -2.04. The van der Waals surface area contributed by atoms with Crippen molar-refractivity contribution in [3.05, 3.63) is 29.3 Å². The number of carbonyl (C=O) groups excluding carboxylic acids is 2. The first kappa shape index (κ1) is 25.0. The third kappa shape index (κ3) is 9.33. The highest BCUT2D eigenvalue weighted by atomic mass is 16.5. The summed E-state index contributed by atoms with van der Waals surface area (Å²) in [5.74, 6) is -0.550. The number of rotatable bonds is 14. The Morgan fingerprint density at radius 3 is 1.55 bits per heavy atom. The van der Waals surface area contributed by atoms with Crippen LogP contribution in [0, 0.1) is 11.8 Å². The van der Waals surface area contributed by atoms with Crippen molar-refractivity contribution in [1.29, 1.82) is 0 Å². The third-order valence-corrected chi connectivity index (χ3v) is 5.38. The summed E-state index contributed by atoms with van der Waals surface area (Å²) in [5.41, 5.74) is 0.334. The van der Waals surface area contributed by atoms with Crippen molar-refractivity contribution < 1.29 is 24.2 Å². The van der Waals surface area contributed by atoms with Crippen LogP contribution in [0.25, 0.3) is 0 Å². The molecule has 0 saturated heterocycles. The Bertz CT molecular complexity index is 575. The molecule has 5 heteroatoms. The first-order chi connectivity index (χ1) is 13.9. The molecule has 0 radical (unpaired) electrons. The molecule has 1 rings (SSSR count). The summed E-state index contributed by atoms with van der Waals surface area (Å²) >= 11 is 0. The summed E-state index contributed by atoms with van der Waals surface area (Å²) in [4.78, 5) is 24.8. The molecule has 0 saturated carbocycles. The van der Waals surface area contributed by atoms with E-state index in [4.69, 9.17) is 9.47 Å². The molecule has 0 aliphatic heterocycles. The first-order valence-electron chi connectivity index (χ1n) is 11.1. The second-order valence-electron chi connectivity index (χ2n) is 7.80. The molecule has 5 nitrogen and oxygen atoms in total. The van der Waals surface area contributed by atoms with E-state index < -0.39 is 11.9 Å². The number of aromatic hydroxyl groups is 1. The standard InChI is InChI=1S/C24H38O5/c1-5-9-11-18(7-3)16-28-23(26)20-13-21(15-22(25)14-20)24(27)29-17-19(8-4)12-10-6-2/h13-15,18-19,25H,5-12,16-17H2,1-4H3. The molecule has 0 spiro atoms. The Morgan fingerprint density at radius 1 is 0.793 bits per heavy atom. The molecule has 0 aliphatic carbocycles. The number of hydrogen-bond acceptors (Lipinski definition) is 5. The van der Waals surface area contributed by atoms with Gasteiger partial charge in [0.1, 0.15) is 5.75 Å². The molecule has 1 aromatic carbocycles. The van der Waals surface area contributed by atoms with Gasteiger partial charge in [-0.1, -0.05) is 66.2 Å². The highest BCUT2D eigenvalue weighted by Gasteiger charge is 2.18. The highest BCUT2D eigenvalue weighted by molar-refractivity contribution is 5.96. The Balaban J connectivity index is 2.70. The van der Waals surface area contributed by atoms with Gasteiger partial charge >= 0.3 is 11.9 Å². The summed E-state index contributed by atoms with van der Waals surface area (Å²) in [5, 5.41) is 9.96. The molecule has 1 N–H and O–H groups in total. The zero-order chi connectivity index (χ0) is 21.6. The van der Waals surface area contributed by atoms with Gasteiger partial charge < -0.3 is 14.6 Å². The summed E-state index contributed by atoms with van der Waals surface area (Å²) in [6.45, 7) is 9.14. The molecular weight excluding hydrogens is 368 g/mol. The zero-order valence-electron chi connectivity index (χ0n) is 18.5. The zero-order valence-corrected chi connectivity index (χ0v) is 18.5. The predicted molar refractivity (Wildman–Crippen MR) is 115 cm³/mol. The minimum atomic E-state index is -0.528. The fraction of sp³-hybridized carbons (Fsp3) is 0.667. The molecule has 2 unspecified atom stereocenters. The van der Waals surface area contributed by atoms with Gasteiger partial charge in [0.25, 0.3) is 0 Å². The SMILES string of the molecule is CCCCC(CC)COC(=O)c1cc(O)cc(C(=O)OCC(CC)CCCC)c1. The van der Waals surface area contributed by atoms with E-state index in [-0.39, 0.29) is 16.9 Å². The Kier molecular flexibility index (Phi) is 12.1. The average molecular weight is 407 g/mol. The van der Waals surface area contributed by atoms with Gasteiger partial charge in [0.2, 0.25) is 0 Å². The Labute approximate surface area is 175 Å². The number of carbonyl (C=O) groups is 2. The lowest BCUT2D eigenvalue weighted by molar-refractivity contribution is 0.0425. The van der Waals surface area contributed by atoms with E-state index in [9.17, 15) is 14.7 Å². The summed E-state index contributed by atoms with van der Waals surface area (Å²) < 4.78 is 10.9. The molecule has 1 aromatic rings. The maximum absolute atomic E-state index is 12.4. The Morgan fingerprint density at radius 2 is 1.21 bits per heavy atom. The quantitative estimate of drug-likeness (QED) is 0.376. The lowest BCUT2D eigenvalue weighted by atomic mass is 10.0. The van der Waals surface area contributed by atoms with Gasteiger partial charge in [0.15, 0.2) is 0 Å². The summed E-state index contributed by atoms with van der Waals surface area (Å²) in [6.07, 6.45) is 8.37. The average Bonchev–Trinajstić information content (AvgIpc) is 2.73. The summed E-state index contributed by atoms with van der Waals surface area (Å²) in [6, 6.07) is 4.08. The summed E-state index contributed by atoms with van der Waals surface area (Å²) in [7, 11) is 0. The molecule has 0 aromatic heterocycles. The van der Waals surface area contributed by atoms with Gasteiger partial charge in [-0.3, -0.25) is 0 Å². The van der Waals surface area contributed by atoms with E-state index in [1.54, 1.807) is 0 Å². The number of hydrogen-bond donors (Lipinski definition) is 1. The second kappa shape index (κ2) is 14.0. The molecule has 29 heavy (non-hydrogen) atoms. The van der Waals surface area contributed by atoms with E-state index in [0.29, 0.717) is 25.0 Å². The van der Waals surface area contributed by atoms with Crippen molar-refractivity contribution in [2.24, 2.45) is 11.8 Å². The van der Waals surface area contributed by atoms with Crippen LogP contribution in [0.15, 0.2) is 18.2 Å². The molecular formula is C24H38O5. The first-order valence-corrected chi connectivity index (χ1v) is 11.1. The second-order valence-corrected chi connectivity index (χ2v) is 7.80. The van der Waals surface area contributed by atoms with Crippen molar-refractivity contribution in [3.63, 3.8) is 0 Å². The minimum Gasteiger partial charge on any atom is -0.508 e. The van der Waals surface area contributed by atoms with Gasteiger partial charge in [0.05, 0.1) is 24.3 Å². The molecule has 0 heterocycles. The topological polar surface area (TPSA) is 72.8 Å². The van der Waals surface area contributed by atoms with Crippen molar-refractivity contribution in [1.82, 2.24) is 0 Å². The predicted octanol–water partition coefficient (Wildman–Crippen LogP) is 6.14. The number of phenolic OH excluding ortho intramolecular Hbond substituents is 1. The van der Waals surface area contributed by atoms with E-state index in [2.05, 4.69) is 27.7 Å². The van der Waals surface area contributed by atoms with E-state index >= 15 is 0 Å².